The zero-order valence-electron chi connectivity index (χ0n) is 30.4. The predicted molar refractivity (Wildman–Crippen MR) is 187 cm³/mol. The molecule has 4 amide bonds. The summed E-state index contributed by atoms with van der Waals surface area (Å²) < 4.78 is 0. The van der Waals surface area contributed by atoms with Gasteiger partial charge in [-0.15, -0.1) is 0 Å². The molecule has 0 rings (SSSR count). The average molecular weight is 743 g/mol. The van der Waals surface area contributed by atoms with E-state index in [-0.39, 0.29) is 62.7 Å². The van der Waals surface area contributed by atoms with Gasteiger partial charge in [0, 0.05) is 44.6 Å². The van der Waals surface area contributed by atoms with E-state index >= 15 is 0 Å². The first kappa shape index (κ1) is 47.4. The Balaban J connectivity index is 4.40. The molecule has 0 saturated heterocycles. The second-order valence-corrected chi connectivity index (χ2v) is 13.1. The van der Waals surface area contributed by atoms with E-state index in [2.05, 4.69) is 21.3 Å². The molecule has 8 N–H and O–H groups in total. The van der Waals surface area contributed by atoms with Crippen LogP contribution in [0.15, 0.2) is 0 Å². The van der Waals surface area contributed by atoms with Crippen molar-refractivity contribution in [3.05, 3.63) is 0 Å². The van der Waals surface area contributed by atoms with Crippen molar-refractivity contribution in [2.75, 3.05) is 0 Å². The van der Waals surface area contributed by atoms with E-state index in [1.165, 1.54) is 6.92 Å². The molecule has 17 nitrogen and oxygen atoms in total. The molecule has 296 valence electrons. The summed E-state index contributed by atoms with van der Waals surface area (Å²) in [4.78, 5) is 106. The number of amides is 4. The van der Waals surface area contributed by atoms with Crippen molar-refractivity contribution in [1.82, 2.24) is 21.3 Å². The highest BCUT2D eigenvalue weighted by Gasteiger charge is 2.26. The van der Waals surface area contributed by atoms with Crippen molar-refractivity contribution in [3.8, 4) is 0 Å². The molecule has 17 heteroatoms. The van der Waals surface area contributed by atoms with Gasteiger partial charge in [-0.2, -0.15) is 0 Å². The summed E-state index contributed by atoms with van der Waals surface area (Å²) in [6.07, 6.45) is 8.66. The van der Waals surface area contributed by atoms with E-state index in [4.69, 9.17) is 5.11 Å². The van der Waals surface area contributed by atoms with E-state index in [0.717, 1.165) is 64.2 Å². The number of carbonyl (C=O) groups excluding carboxylic acids is 5. The first-order valence-corrected chi connectivity index (χ1v) is 18.1. The third-order valence-electron chi connectivity index (χ3n) is 8.26. The molecule has 0 saturated carbocycles. The minimum atomic E-state index is -1.53. The summed E-state index contributed by atoms with van der Waals surface area (Å²) in [5.74, 6) is -7.63. The van der Waals surface area contributed by atoms with Crippen LogP contribution in [0.1, 0.15) is 142 Å². The van der Waals surface area contributed by atoms with Gasteiger partial charge in [0.2, 0.25) is 23.6 Å². The van der Waals surface area contributed by atoms with E-state index < -0.39 is 72.6 Å². The highest BCUT2D eigenvalue weighted by molar-refractivity contribution is 5.87. The fourth-order valence-corrected chi connectivity index (χ4v) is 5.21. The molecule has 0 spiro atoms. The lowest BCUT2D eigenvalue weighted by atomic mass is 10.0. The molecule has 0 aromatic heterocycles. The van der Waals surface area contributed by atoms with E-state index in [0.29, 0.717) is 6.42 Å². The minimum Gasteiger partial charge on any atom is -0.481 e. The normalized spacial score (nSPS) is 13.1. The zero-order valence-corrected chi connectivity index (χ0v) is 30.4. The van der Waals surface area contributed by atoms with Crippen LogP contribution in [0.25, 0.3) is 0 Å². The standard InChI is InChI=1S/C35H58N4O13/c1-23(36-28(41)13-11-9-7-5-3-4-6-8-10-12-14-32(45)46)15-20-29(42)38-26(34(49)50)18-22-31(44)39-27(35(51)52)19-21-30(43)37-25(33(47)48)17-16-24(2)40/h23,25-27H,3-22H2,1-2H3,(H,36,41)(H,37,43)(H,38,42)(H,39,44)(H,45,46)(H,47,48)(H,49,50)(H,51,52)/t23-,25+,26+,27+/m1/s1. The van der Waals surface area contributed by atoms with E-state index in [1.54, 1.807) is 6.92 Å². The van der Waals surface area contributed by atoms with Crippen molar-refractivity contribution in [1.29, 1.82) is 0 Å². The van der Waals surface area contributed by atoms with E-state index in [9.17, 15) is 58.5 Å². The summed E-state index contributed by atoms with van der Waals surface area (Å²) in [5, 5.41) is 46.4. The third-order valence-corrected chi connectivity index (χ3v) is 8.26. The van der Waals surface area contributed by atoms with Crippen LogP contribution in [0.2, 0.25) is 0 Å². The molecular weight excluding hydrogens is 684 g/mol. The molecule has 0 fully saturated rings. The monoisotopic (exact) mass is 742 g/mol. The van der Waals surface area contributed by atoms with Crippen molar-refractivity contribution >= 4 is 53.3 Å². The Hall–Kier alpha value is -4.57. The maximum Gasteiger partial charge on any atom is 0.326 e. The van der Waals surface area contributed by atoms with E-state index in [1.807, 2.05) is 0 Å². The number of aliphatic carboxylic acids is 4. The number of hydrogen-bond donors (Lipinski definition) is 8. The quantitative estimate of drug-likeness (QED) is 0.0461. The first-order valence-electron chi connectivity index (χ1n) is 18.1. The molecule has 52 heavy (non-hydrogen) atoms. The molecule has 0 unspecified atom stereocenters. The van der Waals surface area contributed by atoms with Gasteiger partial charge in [-0.05, 0) is 52.4 Å². The maximum atomic E-state index is 12.4. The molecule has 4 atom stereocenters. The van der Waals surface area contributed by atoms with Crippen LogP contribution in [0, 0.1) is 0 Å². The van der Waals surface area contributed by atoms with Gasteiger partial charge in [0.15, 0.2) is 0 Å². The Morgan fingerprint density at radius 2 is 0.712 bits per heavy atom. The third kappa shape index (κ3) is 26.3. The van der Waals surface area contributed by atoms with Crippen LogP contribution in [0.5, 0.6) is 0 Å². The Bertz CT molecular complexity index is 1190. The number of rotatable bonds is 32. The SMILES string of the molecule is CC(=O)CC[C@H](NC(=O)CC[C@H](NC(=O)CC[C@H](NC(=O)CC[C@@H](C)NC(=O)CCCCCCCCCCCCC(=O)O)C(=O)O)C(=O)O)C(=O)O. The van der Waals surface area contributed by atoms with Gasteiger partial charge < -0.3 is 46.5 Å². The Morgan fingerprint density at radius 1 is 0.404 bits per heavy atom. The van der Waals surface area contributed by atoms with Crippen molar-refractivity contribution in [3.63, 3.8) is 0 Å². The van der Waals surface area contributed by atoms with Crippen LogP contribution < -0.4 is 21.3 Å². The largest absolute Gasteiger partial charge is 0.481 e. The second-order valence-electron chi connectivity index (χ2n) is 13.1. The summed E-state index contributed by atoms with van der Waals surface area (Å²) in [5.41, 5.74) is 0. The van der Waals surface area contributed by atoms with Crippen LogP contribution in [0.4, 0.5) is 0 Å². The topological polar surface area (TPSA) is 283 Å². The molecule has 0 bridgehead atoms. The number of carboxylic acid groups (broad SMARTS) is 4. The maximum absolute atomic E-state index is 12.4. The fourth-order valence-electron chi connectivity index (χ4n) is 5.21. The number of nitrogens with one attached hydrogen (secondary N) is 4. The smallest absolute Gasteiger partial charge is 0.326 e. The Labute approximate surface area is 304 Å². The summed E-state index contributed by atoms with van der Waals surface area (Å²) >= 11 is 0. The Morgan fingerprint density at radius 3 is 1.06 bits per heavy atom. The van der Waals surface area contributed by atoms with Gasteiger partial charge in [0.05, 0.1) is 0 Å². The lowest BCUT2D eigenvalue weighted by Gasteiger charge is -2.18. The van der Waals surface area contributed by atoms with Crippen LogP contribution in [0.3, 0.4) is 0 Å². The lowest BCUT2D eigenvalue weighted by Crippen LogP contribution is -2.45. The summed E-state index contributed by atoms with van der Waals surface area (Å²) in [7, 11) is 0. The summed E-state index contributed by atoms with van der Waals surface area (Å²) in [6, 6.07) is -4.65. The van der Waals surface area contributed by atoms with Gasteiger partial charge in [0.1, 0.15) is 23.9 Å². The molecule has 0 radical (unpaired) electrons. The van der Waals surface area contributed by atoms with Crippen molar-refractivity contribution < 1.29 is 63.6 Å². The number of carbonyl (C=O) groups is 9. The average Bonchev–Trinajstić information content (AvgIpc) is 3.05. The molecule has 0 aromatic carbocycles. The lowest BCUT2D eigenvalue weighted by molar-refractivity contribution is -0.144. The second kappa shape index (κ2) is 28.1. The molecule has 0 aromatic rings. The highest BCUT2D eigenvalue weighted by Crippen LogP contribution is 2.12. The number of ketones is 1. The first-order chi connectivity index (χ1) is 24.5. The predicted octanol–water partition coefficient (Wildman–Crippen LogP) is 2.67. The molecule has 0 heterocycles. The molecule has 0 aliphatic heterocycles. The molecule has 0 aliphatic rings. The van der Waals surface area contributed by atoms with Crippen molar-refractivity contribution in [2.45, 2.75) is 166 Å². The number of hydrogen-bond acceptors (Lipinski definition) is 9. The van der Waals surface area contributed by atoms with Gasteiger partial charge in [-0.25, -0.2) is 14.4 Å². The number of unbranched alkanes of at least 4 members (excludes halogenated alkanes) is 9. The minimum absolute atomic E-state index is 0.0781. The van der Waals surface area contributed by atoms with Gasteiger partial charge in [-0.1, -0.05) is 51.4 Å². The fraction of sp³-hybridized carbons (Fsp3) is 0.743. The Kier molecular flexibility index (Phi) is 25.6. The van der Waals surface area contributed by atoms with Crippen LogP contribution in [-0.4, -0.2) is 97.9 Å². The number of carboxylic acids is 4. The van der Waals surface area contributed by atoms with Gasteiger partial charge in [0.25, 0.3) is 0 Å². The van der Waals surface area contributed by atoms with Crippen LogP contribution in [-0.2, 0) is 43.2 Å². The summed E-state index contributed by atoms with van der Waals surface area (Å²) in [6.45, 7) is 3.00. The van der Waals surface area contributed by atoms with Gasteiger partial charge >= 0.3 is 23.9 Å². The van der Waals surface area contributed by atoms with Crippen LogP contribution >= 0.6 is 0 Å². The number of Topliss-reactive ketones (excluding diaryl/α,β-unsaturated/α-hetero) is 1. The molecular formula is C35H58N4O13. The highest BCUT2D eigenvalue weighted by atomic mass is 16.4. The van der Waals surface area contributed by atoms with Crippen molar-refractivity contribution in [2.24, 2.45) is 0 Å². The van der Waals surface area contributed by atoms with Gasteiger partial charge in [-0.3, -0.25) is 24.0 Å². The molecule has 0 aliphatic carbocycles. The zero-order chi connectivity index (χ0) is 39.5.